The van der Waals surface area contributed by atoms with Crippen LogP contribution in [-0.4, -0.2) is 5.11 Å². The summed E-state index contributed by atoms with van der Waals surface area (Å²) in [7, 11) is -1.49. The monoisotopic (exact) mass is 360 g/mol. The Bertz CT molecular complexity index is 684. The lowest BCUT2D eigenvalue weighted by atomic mass is 10.3. The molecule has 1 atom stereocenters. The van der Waals surface area contributed by atoms with E-state index in [0.29, 0.717) is 31.5 Å². The second-order valence-electron chi connectivity index (χ2n) is 4.06. The lowest BCUT2D eigenvalue weighted by Gasteiger charge is -2.13. The first kappa shape index (κ1) is 14.6. The zero-order valence-corrected chi connectivity index (χ0v) is 14.3. The number of hydrogen-bond acceptors (Lipinski definition) is 7. The van der Waals surface area contributed by atoms with Gasteiger partial charge in [0, 0.05) is 14.7 Å². The maximum Gasteiger partial charge on any atom is 0.331 e. The molecule has 3 rings (SSSR count). The summed E-state index contributed by atoms with van der Waals surface area (Å²) in [5, 5.41) is 10.6. The molecule has 0 aromatic heterocycles. The average molecular weight is 360 g/mol. The van der Waals surface area contributed by atoms with Gasteiger partial charge in [0.15, 0.2) is 11.5 Å². The summed E-state index contributed by atoms with van der Waals surface area (Å²) in [6.45, 7) is 0. The van der Waals surface area contributed by atoms with Gasteiger partial charge < -0.3 is 14.2 Å². The molecule has 104 valence electrons. The molecular weight excluding hydrogens is 351 g/mol. The normalized spacial score (nSPS) is 16.5. The molecule has 1 N–H and O–H groups in total. The van der Waals surface area contributed by atoms with Gasteiger partial charge in [-0.1, -0.05) is 0 Å². The van der Waals surface area contributed by atoms with Gasteiger partial charge in [0.2, 0.25) is 0 Å². The van der Waals surface area contributed by atoms with Crippen LogP contribution in [0.4, 0.5) is 0 Å². The summed E-state index contributed by atoms with van der Waals surface area (Å²) >= 11 is 17.2. The Morgan fingerprint density at radius 1 is 0.850 bits per heavy atom. The number of aromatic hydroxyl groups is 1. The van der Waals surface area contributed by atoms with Gasteiger partial charge in [-0.15, -0.1) is 50.5 Å². The number of rotatable bonds is 1. The number of phenols is 1. The van der Waals surface area contributed by atoms with Crippen LogP contribution >= 0.6 is 58.9 Å². The molecule has 0 radical (unpaired) electrons. The molecule has 1 aliphatic rings. The molecule has 0 saturated carbocycles. The fourth-order valence-corrected chi connectivity index (χ4v) is 4.75. The largest absolute Gasteiger partial charge is 0.507 e. The maximum absolute atomic E-state index is 10.1. The van der Waals surface area contributed by atoms with Gasteiger partial charge in [-0.3, -0.25) is 0 Å². The van der Waals surface area contributed by atoms with Crippen molar-refractivity contribution >= 4 is 64.2 Å². The zero-order valence-electron chi connectivity index (χ0n) is 9.81. The van der Waals surface area contributed by atoms with Gasteiger partial charge in [-0.2, -0.15) is 0 Å². The molecule has 0 aliphatic carbocycles. The van der Waals surface area contributed by atoms with E-state index in [2.05, 4.69) is 50.5 Å². The molecule has 2 aromatic rings. The Morgan fingerprint density at radius 2 is 1.50 bits per heavy atom. The fourth-order valence-electron chi connectivity index (χ4n) is 1.79. The van der Waals surface area contributed by atoms with Gasteiger partial charge in [0.1, 0.15) is 11.1 Å². The van der Waals surface area contributed by atoms with Crippen molar-refractivity contribution in [2.45, 2.75) is 19.6 Å². The zero-order chi connectivity index (χ0) is 14.4. The summed E-state index contributed by atoms with van der Waals surface area (Å²) < 4.78 is 11.5. The van der Waals surface area contributed by atoms with Crippen molar-refractivity contribution in [2.75, 3.05) is 0 Å². The highest BCUT2D eigenvalue weighted by atomic mass is 32.1. The van der Waals surface area contributed by atoms with Crippen LogP contribution in [0.2, 0.25) is 0 Å². The molecule has 0 spiro atoms. The number of phenolic OH excluding ortho intramolecular Hbond substituents is 1. The fraction of sp³-hybridized carbons (Fsp3) is 0. The molecule has 2 aromatic carbocycles. The van der Waals surface area contributed by atoms with E-state index in [1.165, 1.54) is 6.07 Å². The highest BCUT2D eigenvalue weighted by Gasteiger charge is 2.33. The molecule has 1 heterocycles. The van der Waals surface area contributed by atoms with E-state index in [4.69, 9.17) is 9.05 Å². The van der Waals surface area contributed by atoms with Crippen LogP contribution < -0.4 is 14.4 Å². The van der Waals surface area contributed by atoms with E-state index in [1.54, 1.807) is 18.2 Å². The maximum atomic E-state index is 10.1. The van der Waals surface area contributed by atoms with Crippen molar-refractivity contribution in [1.82, 2.24) is 0 Å². The molecule has 20 heavy (non-hydrogen) atoms. The van der Waals surface area contributed by atoms with Gasteiger partial charge in [-0.25, -0.2) is 0 Å². The van der Waals surface area contributed by atoms with Crippen LogP contribution in [-0.2, 0) is 0 Å². The minimum absolute atomic E-state index is 0.0493. The summed E-state index contributed by atoms with van der Waals surface area (Å²) in [5.41, 5.74) is 0. The highest BCUT2D eigenvalue weighted by Crippen LogP contribution is 2.56. The Morgan fingerprint density at radius 3 is 2.20 bits per heavy atom. The SMILES string of the molecule is Oc1cc(S)cc(S)c1P1Oc2cc(S)cc(S)c2O1. The lowest BCUT2D eigenvalue weighted by molar-refractivity contribution is 0.474. The summed E-state index contributed by atoms with van der Waals surface area (Å²) in [4.78, 5) is 2.56. The van der Waals surface area contributed by atoms with E-state index in [9.17, 15) is 5.11 Å². The van der Waals surface area contributed by atoms with Crippen LogP contribution in [0.25, 0.3) is 0 Å². The third-order valence-electron chi connectivity index (χ3n) is 2.61. The van der Waals surface area contributed by atoms with Crippen molar-refractivity contribution in [3.05, 3.63) is 24.3 Å². The van der Waals surface area contributed by atoms with Crippen LogP contribution in [0.3, 0.4) is 0 Å². The first-order valence-corrected chi connectivity index (χ1v) is 8.39. The number of thiol groups is 4. The molecule has 0 fully saturated rings. The van der Waals surface area contributed by atoms with Crippen molar-refractivity contribution < 1.29 is 14.2 Å². The topological polar surface area (TPSA) is 38.7 Å². The Labute approximate surface area is 139 Å². The Balaban J connectivity index is 2.03. The summed E-state index contributed by atoms with van der Waals surface area (Å²) in [6, 6.07) is 6.78. The van der Waals surface area contributed by atoms with Gasteiger partial charge in [0.05, 0.1) is 4.90 Å². The van der Waals surface area contributed by atoms with Gasteiger partial charge in [0.25, 0.3) is 0 Å². The molecule has 0 bridgehead atoms. The van der Waals surface area contributed by atoms with Crippen molar-refractivity contribution in [3.63, 3.8) is 0 Å². The predicted octanol–water partition coefficient (Wildman–Crippen LogP) is 3.96. The van der Waals surface area contributed by atoms with E-state index >= 15 is 0 Å². The Kier molecular flexibility index (Phi) is 3.99. The molecule has 1 aliphatic heterocycles. The Hall–Kier alpha value is -0.330. The average Bonchev–Trinajstić information content (AvgIpc) is 2.71. The first-order chi connectivity index (χ1) is 9.45. The highest BCUT2D eigenvalue weighted by molar-refractivity contribution is 7.82. The summed E-state index contributed by atoms with van der Waals surface area (Å²) in [5.74, 6) is 1.17. The van der Waals surface area contributed by atoms with E-state index in [0.717, 1.165) is 4.90 Å². The molecule has 8 heteroatoms. The quantitative estimate of drug-likeness (QED) is 0.395. The molecule has 0 saturated heterocycles. The van der Waals surface area contributed by atoms with E-state index in [1.807, 2.05) is 0 Å². The van der Waals surface area contributed by atoms with Crippen LogP contribution in [0, 0.1) is 0 Å². The third-order valence-corrected chi connectivity index (χ3v) is 5.54. The number of benzene rings is 2. The number of hydrogen-bond donors (Lipinski definition) is 5. The van der Waals surface area contributed by atoms with Crippen molar-refractivity contribution in [1.29, 1.82) is 0 Å². The van der Waals surface area contributed by atoms with Crippen LogP contribution in [0.15, 0.2) is 43.8 Å². The van der Waals surface area contributed by atoms with Crippen LogP contribution in [0.1, 0.15) is 0 Å². The predicted molar refractivity (Wildman–Crippen MR) is 91.4 cm³/mol. The smallest absolute Gasteiger partial charge is 0.331 e. The summed E-state index contributed by atoms with van der Waals surface area (Å²) in [6.07, 6.45) is 0. The molecular formula is C12H9O3PS4. The molecule has 0 amide bonds. The van der Waals surface area contributed by atoms with Crippen LogP contribution in [0.5, 0.6) is 17.2 Å². The van der Waals surface area contributed by atoms with E-state index < -0.39 is 8.38 Å². The minimum Gasteiger partial charge on any atom is -0.507 e. The van der Waals surface area contributed by atoms with Gasteiger partial charge >= 0.3 is 8.38 Å². The third kappa shape index (κ3) is 2.57. The molecule has 1 unspecified atom stereocenters. The standard InChI is InChI=1S/C12H9O3PS4/c13-7-1-5(17)4-10(20)12(7)16-14-8-2-6(18)3-9(19)11(8)15-16/h1-4,13,17-20H. The second-order valence-corrected chi connectivity index (χ2v) is 7.39. The van der Waals surface area contributed by atoms with Crippen molar-refractivity contribution in [3.8, 4) is 17.2 Å². The lowest BCUT2D eigenvalue weighted by Crippen LogP contribution is -2.09. The minimum atomic E-state index is -1.49. The van der Waals surface area contributed by atoms with Crippen molar-refractivity contribution in [2.24, 2.45) is 0 Å². The first-order valence-electron chi connectivity index (χ1n) is 5.42. The number of fused-ring (bicyclic) bond motifs is 1. The second kappa shape index (κ2) is 5.46. The van der Waals surface area contributed by atoms with Gasteiger partial charge in [-0.05, 0) is 24.3 Å². The van der Waals surface area contributed by atoms with E-state index in [-0.39, 0.29) is 5.75 Å². The molecule has 3 nitrogen and oxygen atoms in total.